The van der Waals surface area contributed by atoms with Gasteiger partial charge in [-0.15, -0.1) is 0 Å². The van der Waals surface area contributed by atoms with Gasteiger partial charge in [0.1, 0.15) is 5.60 Å². The van der Waals surface area contributed by atoms with Crippen LogP contribution < -0.4 is 0 Å². The van der Waals surface area contributed by atoms with Gasteiger partial charge >= 0.3 is 0 Å². The molecule has 82 valence electrons. The van der Waals surface area contributed by atoms with E-state index in [1.54, 1.807) is 6.92 Å². The Kier molecular flexibility index (Phi) is 2.61. The van der Waals surface area contributed by atoms with Crippen molar-refractivity contribution in [2.75, 3.05) is 6.61 Å². The summed E-state index contributed by atoms with van der Waals surface area (Å²) in [6.07, 6.45) is 3.77. The molecule has 1 aromatic rings. The van der Waals surface area contributed by atoms with Gasteiger partial charge in [-0.25, -0.2) is 4.98 Å². The maximum Gasteiger partial charge on any atom is 0.227 e. The van der Waals surface area contributed by atoms with Gasteiger partial charge in [0.05, 0.1) is 5.69 Å². The van der Waals surface area contributed by atoms with E-state index in [0.29, 0.717) is 23.6 Å². The van der Waals surface area contributed by atoms with Crippen LogP contribution in [0.4, 0.5) is 0 Å². The molecule has 1 aliphatic rings. The molecule has 4 nitrogen and oxygen atoms in total. The van der Waals surface area contributed by atoms with Crippen LogP contribution in [0.2, 0.25) is 0 Å². The number of aromatic nitrogens is 1. The monoisotopic (exact) mass is 209 g/mol. The van der Waals surface area contributed by atoms with Crippen molar-refractivity contribution in [1.82, 2.24) is 4.98 Å². The highest BCUT2D eigenvalue weighted by molar-refractivity contribution is 5.71. The molecule has 0 bridgehead atoms. The number of ether oxygens (including phenoxy) is 1. The van der Waals surface area contributed by atoms with Gasteiger partial charge in [-0.05, 0) is 33.1 Å². The number of hydrogen-bond donors (Lipinski definition) is 0. The molecule has 0 radical (unpaired) electrons. The number of oxazole rings is 1. The number of hydrogen-bond acceptors (Lipinski definition) is 4. The lowest BCUT2D eigenvalue weighted by atomic mass is 9.96. The molecule has 1 atom stereocenters. The first-order valence-corrected chi connectivity index (χ1v) is 5.23. The van der Waals surface area contributed by atoms with Gasteiger partial charge in [0.2, 0.25) is 5.89 Å². The summed E-state index contributed by atoms with van der Waals surface area (Å²) >= 11 is 0. The second-order valence-electron chi connectivity index (χ2n) is 4.12. The molecule has 0 aliphatic carbocycles. The molecule has 0 spiro atoms. The van der Waals surface area contributed by atoms with E-state index in [0.717, 1.165) is 25.9 Å². The van der Waals surface area contributed by atoms with E-state index in [2.05, 4.69) is 4.98 Å². The molecular formula is C11H15NO3. The van der Waals surface area contributed by atoms with Gasteiger partial charge in [0, 0.05) is 6.61 Å². The van der Waals surface area contributed by atoms with Crippen molar-refractivity contribution in [3.63, 3.8) is 0 Å². The van der Waals surface area contributed by atoms with E-state index in [1.165, 1.54) is 0 Å². The topological polar surface area (TPSA) is 52.3 Å². The lowest BCUT2D eigenvalue weighted by Crippen LogP contribution is -2.30. The molecule has 15 heavy (non-hydrogen) atoms. The third kappa shape index (κ3) is 1.81. The average Bonchev–Trinajstić information content (AvgIpc) is 2.61. The van der Waals surface area contributed by atoms with E-state index in [4.69, 9.17) is 9.15 Å². The molecule has 1 fully saturated rings. The van der Waals surface area contributed by atoms with E-state index < -0.39 is 5.60 Å². The second-order valence-corrected chi connectivity index (χ2v) is 4.12. The molecule has 2 heterocycles. The maximum atomic E-state index is 10.7. The number of carbonyl (C=O) groups is 1. The maximum absolute atomic E-state index is 10.7. The first-order valence-electron chi connectivity index (χ1n) is 5.23. The molecule has 0 N–H and O–H groups in total. The minimum absolute atomic E-state index is 0.306. The average molecular weight is 209 g/mol. The zero-order valence-corrected chi connectivity index (χ0v) is 9.08. The Morgan fingerprint density at radius 3 is 2.80 bits per heavy atom. The number of aldehydes is 1. The SMILES string of the molecule is Cc1nc(C2(C)CCCCO2)oc1C=O. The Hall–Kier alpha value is -1.16. The van der Waals surface area contributed by atoms with Crippen LogP contribution in [-0.4, -0.2) is 17.9 Å². The zero-order valence-electron chi connectivity index (χ0n) is 9.08. The summed E-state index contributed by atoms with van der Waals surface area (Å²) in [6.45, 7) is 4.46. The molecule has 1 aliphatic heterocycles. The number of carbonyl (C=O) groups excluding carboxylic acids is 1. The minimum atomic E-state index is -0.454. The summed E-state index contributed by atoms with van der Waals surface area (Å²) in [6, 6.07) is 0. The predicted molar refractivity (Wildman–Crippen MR) is 53.8 cm³/mol. The van der Waals surface area contributed by atoms with Gasteiger partial charge in [-0.1, -0.05) is 0 Å². The van der Waals surface area contributed by atoms with Crippen molar-refractivity contribution < 1.29 is 13.9 Å². The number of rotatable bonds is 2. The first-order chi connectivity index (χ1) is 7.15. The minimum Gasteiger partial charge on any atom is -0.434 e. The summed E-state index contributed by atoms with van der Waals surface area (Å²) in [5, 5.41) is 0. The Bertz CT molecular complexity index is 364. The fraction of sp³-hybridized carbons (Fsp3) is 0.636. The molecule has 4 heteroatoms. The zero-order chi connectivity index (χ0) is 10.9. The normalized spacial score (nSPS) is 26.5. The highest BCUT2D eigenvalue weighted by Crippen LogP contribution is 2.34. The van der Waals surface area contributed by atoms with E-state index in [-0.39, 0.29) is 0 Å². The van der Waals surface area contributed by atoms with Crippen molar-refractivity contribution in [1.29, 1.82) is 0 Å². The van der Waals surface area contributed by atoms with Crippen LogP contribution in [0, 0.1) is 6.92 Å². The van der Waals surface area contributed by atoms with Crippen LogP contribution in [0.3, 0.4) is 0 Å². The molecule has 1 saturated heterocycles. The van der Waals surface area contributed by atoms with Crippen LogP contribution in [0.25, 0.3) is 0 Å². The summed E-state index contributed by atoms with van der Waals surface area (Å²) in [7, 11) is 0. The Morgan fingerprint density at radius 2 is 2.27 bits per heavy atom. The second kappa shape index (κ2) is 3.77. The lowest BCUT2D eigenvalue weighted by molar-refractivity contribution is -0.0867. The third-order valence-corrected chi connectivity index (χ3v) is 2.86. The van der Waals surface area contributed by atoms with Gasteiger partial charge in [0.15, 0.2) is 12.0 Å². The highest BCUT2D eigenvalue weighted by atomic mass is 16.5. The molecular weight excluding hydrogens is 194 g/mol. The van der Waals surface area contributed by atoms with Crippen LogP contribution in [0.15, 0.2) is 4.42 Å². The number of aryl methyl sites for hydroxylation is 1. The standard InChI is InChI=1S/C11H15NO3/c1-8-9(7-13)15-10(12-8)11(2)5-3-4-6-14-11/h7H,3-6H2,1-2H3. The Morgan fingerprint density at radius 1 is 1.47 bits per heavy atom. The molecule has 0 amide bonds. The van der Waals surface area contributed by atoms with Crippen molar-refractivity contribution in [2.24, 2.45) is 0 Å². The molecule has 1 unspecified atom stereocenters. The summed E-state index contributed by atoms with van der Waals surface area (Å²) in [4.78, 5) is 14.9. The molecule has 0 aromatic carbocycles. The van der Waals surface area contributed by atoms with Crippen LogP contribution in [0.5, 0.6) is 0 Å². The first kappa shape index (κ1) is 10.4. The van der Waals surface area contributed by atoms with Gasteiger partial charge in [-0.2, -0.15) is 0 Å². The summed E-state index contributed by atoms with van der Waals surface area (Å²) < 4.78 is 11.1. The fourth-order valence-corrected chi connectivity index (χ4v) is 1.85. The quantitative estimate of drug-likeness (QED) is 0.701. The Labute approximate surface area is 88.6 Å². The highest BCUT2D eigenvalue weighted by Gasteiger charge is 2.35. The molecule has 0 saturated carbocycles. The number of nitrogens with zero attached hydrogens (tertiary/aromatic N) is 1. The predicted octanol–water partition coefficient (Wildman–Crippen LogP) is 2.21. The van der Waals surface area contributed by atoms with Crippen molar-refractivity contribution in [3.05, 3.63) is 17.3 Å². The van der Waals surface area contributed by atoms with Crippen molar-refractivity contribution in [3.8, 4) is 0 Å². The summed E-state index contributed by atoms with van der Waals surface area (Å²) in [5.74, 6) is 0.835. The van der Waals surface area contributed by atoms with Crippen molar-refractivity contribution >= 4 is 6.29 Å². The smallest absolute Gasteiger partial charge is 0.227 e. The summed E-state index contributed by atoms with van der Waals surface area (Å²) in [5.41, 5.74) is 0.181. The van der Waals surface area contributed by atoms with Crippen LogP contribution >= 0.6 is 0 Å². The van der Waals surface area contributed by atoms with E-state index in [9.17, 15) is 4.79 Å². The fourth-order valence-electron chi connectivity index (χ4n) is 1.85. The van der Waals surface area contributed by atoms with Crippen molar-refractivity contribution in [2.45, 2.75) is 38.7 Å². The molecule has 1 aromatic heterocycles. The Balaban J connectivity index is 2.30. The van der Waals surface area contributed by atoms with Crippen LogP contribution in [0.1, 0.15) is 48.3 Å². The lowest BCUT2D eigenvalue weighted by Gasteiger charge is -2.30. The van der Waals surface area contributed by atoms with E-state index >= 15 is 0 Å². The van der Waals surface area contributed by atoms with Gasteiger partial charge in [0.25, 0.3) is 0 Å². The molecule has 2 rings (SSSR count). The third-order valence-electron chi connectivity index (χ3n) is 2.86. The van der Waals surface area contributed by atoms with Crippen LogP contribution in [-0.2, 0) is 10.3 Å². The largest absolute Gasteiger partial charge is 0.434 e. The van der Waals surface area contributed by atoms with E-state index in [1.807, 2.05) is 6.92 Å². The van der Waals surface area contributed by atoms with Gasteiger partial charge < -0.3 is 9.15 Å². The van der Waals surface area contributed by atoms with Gasteiger partial charge in [-0.3, -0.25) is 4.79 Å².